The minimum absolute atomic E-state index is 0.201. The molecule has 1 atom stereocenters. The van der Waals surface area contributed by atoms with Crippen LogP contribution in [0.5, 0.6) is 0 Å². The normalized spacial score (nSPS) is 14.6. The molecule has 118 valence electrons. The van der Waals surface area contributed by atoms with Crippen molar-refractivity contribution in [2.45, 2.75) is 58.5 Å². The smallest absolute Gasteiger partial charge is 0.335 e. The molecule has 0 aliphatic carbocycles. The molecule has 21 heavy (non-hydrogen) atoms. The van der Waals surface area contributed by atoms with Gasteiger partial charge in [0.15, 0.2) is 0 Å². The molecule has 3 N–H and O–H groups in total. The van der Waals surface area contributed by atoms with Crippen LogP contribution in [-0.2, 0) is 5.41 Å². The van der Waals surface area contributed by atoms with Crippen molar-refractivity contribution in [3.05, 3.63) is 23.4 Å². The van der Waals surface area contributed by atoms with Crippen LogP contribution in [0.2, 0.25) is 0 Å². The van der Waals surface area contributed by atoms with Gasteiger partial charge in [-0.15, -0.1) is 0 Å². The number of carboxylic acids is 1. The van der Waals surface area contributed by atoms with Gasteiger partial charge in [0.05, 0.1) is 11.2 Å². The van der Waals surface area contributed by atoms with Gasteiger partial charge in [-0.1, -0.05) is 34.1 Å². The van der Waals surface area contributed by atoms with Crippen molar-refractivity contribution < 1.29 is 15.0 Å². The molecule has 1 rings (SSSR count). The molecular weight excluding hydrogens is 268 g/mol. The summed E-state index contributed by atoms with van der Waals surface area (Å²) in [6.45, 7) is 10.1. The van der Waals surface area contributed by atoms with E-state index in [9.17, 15) is 15.0 Å². The lowest BCUT2D eigenvalue weighted by atomic mass is 9.90. The summed E-state index contributed by atoms with van der Waals surface area (Å²) >= 11 is 0. The van der Waals surface area contributed by atoms with E-state index < -0.39 is 11.6 Å². The van der Waals surface area contributed by atoms with Gasteiger partial charge >= 0.3 is 5.97 Å². The zero-order valence-electron chi connectivity index (χ0n) is 13.5. The highest BCUT2D eigenvalue weighted by molar-refractivity contribution is 5.88. The summed E-state index contributed by atoms with van der Waals surface area (Å²) in [7, 11) is 0. The zero-order valence-corrected chi connectivity index (χ0v) is 13.5. The van der Waals surface area contributed by atoms with Crippen molar-refractivity contribution in [2.24, 2.45) is 0 Å². The molecule has 0 aromatic carbocycles. The number of carbonyl (C=O) groups is 1. The van der Waals surface area contributed by atoms with Gasteiger partial charge in [-0.3, -0.25) is 0 Å². The van der Waals surface area contributed by atoms with E-state index in [1.807, 2.05) is 27.7 Å². The van der Waals surface area contributed by atoms with Crippen LogP contribution in [0.25, 0.3) is 0 Å². The van der Waals surface area contributed by atoms with Crippen LogP contribution in [0.15, 0.2) is 12.1 Å². The molecule has 1 unspecified atom stereocenters. The molecule has 0 aliphatic rings. The molecule has 0 saturated carbocycles. The Morgan fingerprint density at radius 1 is 1.29 bits per heavy atom. The Morgan fingerprint density at radius 2 is 1.90 bits per heavy atom. The first kappa shape index (κ1) is 17.4. The maximum atomic E-state index is 11.2. The number of aliphatic hydroxyl groups is 1. The van der Waals surface area contributed by atoms with E-state index in [4.69, 9.17) is 0 Å². The third-order valence-corrected chi connectivity index (χ3v) is 3.28. The summed E-state index contributed by atoms with van der Waals surface area (Å²) in [5, 5.41) is 22.4. The summed E-state index contributed by atoms with van der Waals surface area (Å²) < 4.78 is 0. The zero-order chi connectivity index (χ0) is 16.3. The van der Waals surface area contributed by atoms with Gasteiger partial charge < -0.3 is 15.5 Å². The largest absolute Gasteiger partial charge is 0.478 e. The maximum Gasteiger partial charge on any atom is 0.335 e. The number of pyridine rings is 1. The van der Waals surface area contributed by atoms with Gasteiger partial charge in [-0.05, 0) is 25.5 Å². The topological polar surface area (TPSA) is 82.5 Å². The van der Waals surface area contributed by atoms with Crippen LogP contribution in [0.1, 0.15) is 63.5 Å². The van der Waals surface area contributed by atoms with Crippen molar-refractivity contribution in [3.8, 4) is 0 Å². The third-order valence-electron chi connectivity index (χ3n) is 3.28. The Labute approximate surface area is 126 Å². The fraction of sp³-hybridized carbons (Fsp3) is 0.625. The minimum atomic E-state index is -0.980. The van der Waals surface area contributed by atoms with E-state index in [0.29, 0.717) is 24.5 Å². The molecule has 0 fully saturated rings. The Kier molecular flexibility index (Phi) is 5.34. The first-order valence-electron chi connectivity index (χ1n) is 7.27. The molecular formula is C16H26N2O3. The minimum Gasteiger partial charge on any atom is -0.478 e. The number of anilines is 1. The second-order valence-corrected chi connectivity index (χ2v) is 6.78. The van der Waals surface area contributed by atoms with Crippen LogP contribution < -0.4 is 5.32 Å². The fourth-order valence-electron chi connectivity index (χ4n) is 2.04. The monoisotopic (exact) mass is 294 g/mol. The van der Waals surface area contributed by atoms with Crippen LogP contribution in [0.3, 0.4) is 0 Å². The number of aromatic nitrogens is 1. The lowest BCUT2D eigenvalue weighted by molar-refractivity contribution is 0.0636. The molecule has 1 aromatic heterocycles. The number of hydrogen-bond donors (Lipinski definition) is 3. The second-order valence-electron chi connectivity index (χ2n) is 6.78. The number of aromatic carboxylic acids is 1. The quantitative estimate of drug-likeness (QED) is 0.751. The molecule has 0 radical (unpaired) electrons. The molecule has 5 nitrogen and oxygen atoms in total. The van der Waals surface area contributed by atoms with Gasteiger partial charge in [0.25, 0.3) is 0 Å². The highest BCUT2D eigenvalue weighted by atomic mass is 16.4. The van der Waals surface area contributed by atoms with E-state index in [0.717, 1.165) is 6.42 Å². The predicted octanol–water partition coefficient (Wildman–Crippen LogP) is 3.04. The van der Waals surface area contributed by atoms with Gasteiger partial charge in [0.2, 0.25) is 0 Å². The van der Waals surface area contributed by atoms with E-state index >= 15 is 0 Å². The van der Waals surface area contributed by atoms with E-state index in [-0.39, 0.29) is 11.0 Å². The lowest BCUT2D eigenvalue weighted by Gasteiger charge is -2.24. The molecule has 0 aliphatic heterocycles. The number of rotatable bonds is 6. The number of nitrogens with zero attached hydrogens (tertiary/aromatic N) is 1. The van der Waals surface area contributed by atoms with Crippen molar-refractivity contribution in [1.29, 1.82) is 0 Å². The summed E-state index contributed by atoms with van der Waals surface area (Å²) in [6, 6.07) is 3.09. The average molecular weight is 294 g/mol. The molecule has 0 spiro atoms. The first-order valence-corrected chi connectivity index (χ1v) is 7.27. The number of nitrogens with one attached hydrogen (secondary N) is 1. The summed E-state index contributed by atoms with van der Waals surface area (Å²) in [6.07, 6.45) is 1.55. The summed E-state index contributed by atoms with van der Waals surface area (Å²) in [4.78, 5) is 15.7. The Balaban J connectivity index is 3.01. The molecule has 0 amide bonds. The van der Waals surface area contributed by atoms with Crippen LogP contribution >= 0.6 is 0 Å². The SMILES string of the molecule is CCCC(C)(O)CNc1cc(C(=O)O)cc(C(C)(C)C)n1. The van der Waals surface area contributed by atoms with Crippen LogP contribution in [-0.4, -0.2) is 33.3 Å². The van der Waals surface area contributed by atoms with Crippen molar-refractivity contribution in [3.63, 3.8) is 0 Å². The Morgan fingerprint density at radius 3 is 2.38 bits per heavy atom. The molecule has 1 aromatic rings. The summed E-state index contributed by atoms with van der Waals surface area (Å²) in [5.74, 6) is -0.498. The van der Waals surface area contributed by atoms with Crippen LogP contribution in [0, 0.1) is 0 Å². The van der Waals surface area contributed by atoms with Crippen molar-refractivity contribution >= 4 is 11.8 Å². The number of carboxylic acid groups (broad SMARTS) is 1. The lowest BCUT2D eigenvalue weighted by Crippen LogP contribution is -2.33. The van der Waals surface area contributed by atoms with Gasteiger partial charge in [-0.2, -0.15) is 0 Å². The maximum absolute atomic E-state index is 11.2. The summed E-state index contributed by atoms with van der Waals surface area (Å²) in [5.41, 5.74) is -0.168. The number of hydrogen-bond acceptors (Lipinski definition) is 4. The standard InChI is InChI=1S/C16H26N2O3/c1-6-7-16(5,21)10-17-13-9-11(14(19)20)8-12(18-13)15(2,3)4/h8-9,21H,6-7,10H2,1-5H3,(H,17,18)(H,19,20). The fourth-order valence-corrected chi connectivity index (χ4v) is 2.04. The predicted molar refractivity (Wildman–Crippen MR) is 83.9 cm³/mol. The highest BCUT2D eigenvalue weighted by Crippen LogP contribution is 2.24. The van der Waals surface area contributed by atoms with Crippen molar-refractivity contribution in [2.75, 3.05) is 11.9 Å². The highest BCUT2D eigenvalue weighted by Gasteiger charge is 2.21. The molecule has 1 heterocycles. The Bertz CT molecular complexity index is 505. The Hall–Kier alpha value is -1.62. The van der Waals surface area contributed by atoms with Gasteiger partial charge in [0.1, 0.15) is 5.82 Å². The van der Waals surface area contributed by atoms with Crippen molar-refractivity contribution in [1.82, 2.24) is 4.98 Å². The van der Waals surface area contributed by atoms with Crippen LogP contribution in [0.4, 0.5) is 5.82 Å². The van der Waals surface area contributed by atoms with E-state index in [1.165, 1.54) is 6.07 Å². The average Bonchev–Trinajstić information content (AvgIpc) is 2.35. The second kappa shape index (κ2) is 6.43. The molecule has 5 heteroatoms. The molecule has 0 saturated heterocycles. The van der Waals surface area contributed by atoms with E-state index in [1.54, 1.807) is 13.0 Å². The van der Waals surface area contributed by atoms with E-state index in [2.05, 4.69) is 10.3 Å². The van der Waals surface area contributed by atoms with Gasteiger partial charge in [0, 0.05) is 17.7 Å². The first-order chi connectivity index (χ1) is 9.55. The van der Waals surface area contributed by atoms with Gasteiger partial charge in [-0.25, -0.2) is 9.78 Å². The third kappa shape index (κ3) is 5.34. The molecule has 0 bridgehead atoms.